The summed E-state index contributed by atoms with van der Waals surface area (Å²) in [5.74, 6) is 0.961. The zero-order chi connectivity index (χ0) is 17.9. The molecular formula is C20H20N4OS. The Labute approximate surface area is 156 Å². The highest BCUT2D eigenvalue weighted by Crippen LogP contribution is 2.27. The van der Waals surface area contributed by atoms with Gasteiger partial charge < -0.3 is 9.72 Å². The molecule has 1 N–H and O–H groups in total. The number of nitrogens with zero attached hydrogens (tertiary/aromatic N) is 3. The van der Waals surface area contributed by atoms with Crippen LogP contribution in [0.3, 0.4) is 0 Å². The van der Waals surface area contributed by atoms with Crippen molar-refractivity contribution in [3.8, 4) is 16.3 Å². The highest BCUT2D eigenvalue weighted by molar-refractivity contribution is 7.14. The molecule has 6 heteroatoms. The number of rotatable bonds is 6. The number of nitrogens with one attached hydrogen (secondary N) is 1. The summed E-state index contributed by atoms with van der Waals surface area (Å²) in [7, 11) is 0. The Bertz CT molecular complexity index is 1040. The third kappa shape index (κ3) is 3.46. The van der Waals surface area contributed by atoms with Crippen molar-refractivity contribution in [2.75, 3.05) is 6.61 Å². The molecule has 5 nitrogen and oxygen atoms in total. The van der Waals surface area contributed by atoms with Gasteiger partial charge in [0.25, 0.3) is 0 Å². The Morgan fingerprint density at radius 3 is 2.85 bits per heavy atom. The fraction of sp³-hybridized carbons (Fsp3) is 0.250. The van der Waals surface area contributed by atoms with Crippen LogP contribution in [0.5, 0.6) is 5.75 Å². The van der Waals surface area contributed by atoms with Gasteiger partial charge in [0.15, 0.2) is 0 Å². The number of H-pyrrole nitrogens is 1. The van der Waals surface area contributed by atoms with Gasteiger partial charge in [-0.2, -0.15) is 0 Å². The first-order valence-electron chi connectivity index (χ1n) is 8.71. The molecule has 0 aliphatic heterocycles. The van der Waals surface area contributed by atoms with E-state index >= 15 is 0 Å². The predicted molar refractivity (Wildman–Crippen MR) is 105 cm³/mol. The second-order valence-electron chi connectivity index (χ2n) is 6.17. The summed E-state index contributed by atoms with van der Waals surface area (Å²) >= 11 is 1.65. The van der Waals surface area contributed by atoms with Crippen molar-refractivity contribution in [1.82, 2.24) is 20.2 Å². The highest BCUT2D eigenvalue weighted by Gasteiger charge is 2.09. The molecule has 0 aliphatic carbocycles. The maximum absolute atomic E-state index is 5.60. The monoisotopic (exact) mass is 364 g/mol. The summed E-state index contributed by atoms with van der Waals surface area (Å²) in [5.41, 5.74) is 5.51. The minimum Gasteiger partial charge on any atom is -0.494 e. The molecule has 0 unspecified atom stereocenters. The molecule has 0 saturated heterocycles. The Kier molecular flexibility index (Phi) is 4.67. The third-order valence-corrected chi connectivity index (χ3v) is 5.33. The molecule has 0 radical (unpaired) electrons. The van der Waals surface area contributed by atoms with E-state index in [1.807, 2.05) is 19.1 Å². The van der Waals surface area contributed by atoms with Crippen LogP contribution in [0.2, 0.25) is 0 Å². The molecule has 2 heterocycles. The van der Waals surface area contributed by atoms with Crippen molar-refractivity contribution >= 4 is 22.4 Å². The topological polar surface area (TPSA) is 63.7 Å². The number of fused-ring (bicyclic) bond motifs is 1. The second kappa shape index (κ2) is 7.25. The van der Waals surface area contributed by atoms with Crippen molar-refractivity contribution < 1.29 is 4.74 Å². The van der Waals surface area contributed by atoms with Crippen molar-refractivity contribution in [2.45, 2.75) is 26.7 Å². The van der Waals surface area contributed by atoms with E-state index < -0.39 is 0 Å². The maximum atomic E-state index is 5.60. The van der Waals surface area contributed by atoms with Crippen LogP contribution in [0.15, 0.2) is 42.7 Å². The van der Waals surface area contributed by atoms with Gasteiger partial charge in [-0.3, -0.25) is 0 Å². The first-order chi connectivity index (χ1) is 12.7. The minimum atomic E-state index is 0.692. The zero-order valence-corrected chi connectivity index (χ0v) is 15.6. The molecule has 0 atom stereocenters. The lowest BCUT2D eigenvalue weighted by Crippen LogP contribution is -1.96. The summed E-state index contributed by atoms with van der Waals surface area (Å²) in [5, 5.41) is 10.7. The number of aromatic amines is 1. The number of aromatic nitrogens is 4. The third-order valence-electron chi connectivity index (χ3n) is 4.30. The van der Waals surface area contributed by atoms with E-state index in [9.17, 15) is 0 Å². The molecule has 0 amide bonds. The summed E-state index contributed by atoms with van der Waals surface area (Å²) in [4.78, 5) is 7.41. The van der Waals surface area contributed by atoms with Gasteiger partial charge in [-0.1, -0.05) is 23.5 Å². The SMILES string of the molecule is CCOc1ccc(CCc2nnc(-c3ccc4[nH]cnc4c3)s2)cc1C. The van der Waals surface area contributed by atoms with Crippen molar-refractivity contribution in [3.05, 3.63) is 58.9 Å². The molecule has 26 heavy (non-hydrogen) atoms. The van der Waals surface area contributed by atoms with Crippen LogP contribution in [0, 0.1) is 6.92 Å². The van der Waals surface area contributed by atoms with Crippen molar-refractivity contribution in [3.63, 3.8) is 0 Å². The molecule has 4 rings (SSSR count). The summed E-state index contributed by atoms with van der Waals surface area (Å²) in [6, 6.07) is 12.5. The number of hydrogen-bond acceptors (Lipinski definition) is 5. The van der Waals surface area contributed by atoms with Gasteiger partial charge in [0.1, 0.15) is 15.8 Å². The molecule has 4 aromatic rings. The molecule has 0 spiro atoms. The fourth-order valence-electron chi connectivity index (χ4n) is 2.97. The number of imidazole rings is 1. The Balaban J connectivity index is 1.46. The second-order valence-corrected chi connectivity index (χ2v) is 7.23. The van der Waals surface area contributed by atoms with Crippen LogP contribution in [-0.2, 0) is 12.8 Å². The fourth-order valence-corrected chi connectivity index (χ4v) is 3.81. The van der Waals surface area contributed by atoms with E-state index in [-0.39, 0.29) is 0 Å². The number of aryl methyl sites for hydroxylation is 3. The smallest absolute Gasteiger partial charge is 0.147 e. The molecular weight excluding hydrogens is 344 g/mol. The maximum Gasteiger partial charge on any atom is 0.147 e. The van der Waals surface area contributed by atoms with Gasteiger partial charge >= 0.3 is 0 Å². The lowest BCUT2D eigenvalue weighted by atomic mass is 10.1. The van der Waals surface area contributed by atoms with E-state index in [4.69, 9.17) is 4.74 Å². The van der Waals surface area contributed by atoms with Crippen LogP contribution in [0.1, 0.15) is 23.1 Å². The van der Waals surface area contributed by atoms with Crippen LogP contribution < -0.4 is 4.74 Å². The normalized spacial score (nSPS) is 11.2. The molecule has 2 aromatic carbocycles. The molecule has 0 saturated carbocycles. The first kappa shape index (κ1) is 16.7. The molecule has 0 aliphatic rings. The molecule has 0 fully saturated rings. The number of benzene rings is 2. The van der Waals surface area contributed by atoms with E-state index in [2.05, 4.69) is 51.4 Å². The zero-order valence-electron chi connectivity index (χ0n) is 14.8. The van der Waals surface area contributed by atoms with Crippen molar-refractivity contribution in [2.24, 2.45) is 0 Å². The van der Waals surface area contributed by atoms with Gasteiger partial charge in [-0.25, -0.2) is 4.98 Å². The van der Waals surface area contributed by atoms with E-state index in [0.717, 1.165) is 45.2 Å². The Morgan fingerprint density at radius 1 is 1.08 bits per heavy atom. The predicted octanol–water partition coefficient (Wildman–Crippen LogP) is 4.57. The minimum absolute atomic E-state index is 0.692. The van der Waals surface area contributed by atoms with Crippen LogP contribution >= 0.6 is 11.3 Å². The van der Waals surface area contributed by atoms with Crippen LogP contribution in [0.4, 0.5) is 0 Å². The largest absolute Gasteiger partial charge is 0.494 e. The number of hydrogen-bond donors (Lipinski definition) is 1. The van der Waals surface area contributed by atoms with E-state index in [1.54, 1.807) is 17.7 Å². The number of ether oxygens (including phenoxy) is 1. The van der Waals surface area contributed by atoms with E-state index in [1.165, 1.54) is 11.1 Å². The van der Waals surface area contributed by atoms with Gasteiger partial charge in [0.05, 0.1) is 24.0 Å². The first-order valence-corrected chi connectivity index (χ1v) is 9.53. The van der Waals surface area contributed by atoms with Crippen LogP contribution in [0.25, 0.3) is 21.6 Å². The standard InChI is InChI=1S/C20H20N4OS/c1-3-25-18-8-4-14(10-13(18)2)5-9-19-23-24-20(26-19)15-6-7-16-17(11-15)22-12-21-16/h4,6-8,10-12H,3,5,9H2,1-2H3,(H,21,22). The highest BCUT2D eigenvalue weighted by atomic mass is 32.1. The van der Waals surface area contributed by atoms with Gasteiger partial charge in [-0.15, -0.1) is 10.2 Å². The van der Waals surface area contributed by atoms with Crippen LogP contribution in [-0.4, -0.2) is 26.8 Å². The lowest BCUT2D eigenvalue weighted by molar-refractivity contribution is 0.338. The average molecular weight is 364 g/mol. The quantitative estimate of drug-likeness (QED) is 0.544. The van der Waals surface area contributed by atoms with Gasteiger partial charge in [-0.05, 0) is 55.7 Å². The lowest BCUT2D eigenvalue weighted by Gasteiger charge is -2.08. The molecule has 132 valence electrons. The summed E-state index contributed by atoms with van der Waals surface area (Å²) in [6.07, 6.45) is 3.54. The van der Waals surface area contributed by atoms with Gasteiger partial charge in [0, 0.05) is 12.0 Å². The summed E-state index contributed by atoms with van der Waals surface area (Å²) in [6.45, 7) is 4.78. The average Bonchev–Trinajstić information content (AvgIpc) is 3.30. The Morgan fingerprint density at radius 2 is 2.00 bits per heavy atom. The van der Waals surface area contributed by atoms with E-state index in [0.29, 0.717) is 6.61 Å². The Hall–Kier alpha value is -2.73. The summed E-state index contributed by atoms with van der Waals surface area (Å²) < 4.78 is 5.60. The van der Waals surface area contributed by atoms with Crippen molar-refractivity contribution in [1.29, 1.82) is 0 Å². The molecule has 2 aromatic heterocycles. The van der Waals surface area contributed by atoms with Gasteiger partial charge in [0.2, 0.25) is 0 Å². The molecule has 0 bridgehead atoms.